The topological polar surface area (TPSA) is 4.93 Å². The van der Waals surface area contributed by atoms with Crippen LogP contribution in [0.25, 0.3) is 0 Å². The lowest BCUT2D eigenvalue weighted by molar-refractivity contribution is 0.557. The van der Waals surface area contributed by atoms with E-state index in [0.717, 1.165) is 5.92 Å². The Morgan fingerprint density at radius 1 is 1.12 bits per heavy atom. The monoisotopic (exact) mass is 221 g/mol. The molecule has 92 valence electrons. The maximum atomic E-state index is 2.35. The number of nitrogens with zero attached hydrogens (tertiary/aromatic N) is 1. The zero-order chi connectivity index (χ0) is 11.8. The van der Waals surface area contributed by atoms with Crippen LogP contribution in [0.3, 0.4) is 0 Å². The number of hydrogen-bond donors (Lipinski definition) is 0. The highest BCUT2D eigenvalue weighted by molar-refractivity contribution is 5.14. The van der Waals surface area contributed by atoms with Crippen molar-refractivity contribution in [2.24, 2.45) is 7.05 Å². The van der Waals surface area contributed by atoms with Gasteiger partial charge in [0.05, 0.1) is 0 Å². The van der Waals surface area contributed by atoms with E-state index in [4.69, 9.17) is 0 Å². The van der Waals surface area contributed by atoms with Gasteiger partial charge in [0, 0.05) is 19.4 Å². The minimum atomic E-state index is 0.729. The molecule has 0 saturated heterocycles. The van der Waals surface area contributed by atoms with Crippen molar-refractivity contribution < 1.29 is 0 Å². The van der Waals surface area contributed by atoms with Crippen molar-refractivity contribution in [2.75, 3.05) is 0 Å². The van der Waals surface area contributed by atoms with Gasteiger partial charge in [0.25, 0.3) is 0 Å². The van der Waals surface area contributed by atoms with Crippen molar-refractivity contribution in [1.29, 1.82) is 0 Å². The van der Waals surface area contributed by atoms with Crippen LogP contribution in [0.4, 0.5) is 0 Å². The Morgan fingerprint density at radius 3 is 2.44 bits per heavy atom. The summed E-state index contributed by atoms with van der Waals surface area (Å²) in [7, 11) is 2.10. The Labute approximate surface area is 101 Å². The Kier molecular flexibility index (Phi) is 6.29. The minimum Gasteiger partial charge on any atom is -0.357 e. The molecule has 0 aliphatic rings. The average molecular weight is 221 g/mol. The van der Waals surface area contributed by atoms with Crippen LogP contribution in [-0.2, 0) is 7.05 Å². The maximum absolute atomic E-state index is 2.35. The van der Waals surface area contributed by atoms with Crippen molar-refractivity contribution >= 4 is 0 Å². The van der Waals surface area contributed by atoms with Crippen LogP contribution in [0.15, 0.2) is 18.5 Å². The molecule has 0 N–H and O–H groups in total. The van der Waals surface area contributed by atoms with Crippen molar-refractivity contribution in [3.05, 3.63) is 24.0 Å². The maximum Gasteiger partial charge on any atom is 0.0106 e. The lowest BCUT2D eigenvalue weighted by Crippen LogP contribution is -1.92. The first-order chi connectivity index (χ1) is 7.74. The summed E-state index contributed by atoms with van der Waals surface area (Å²) < 4.78 is 2.15. The molecule has 0 radical (unpaired) electrons. The standard InChI is InChI=1S/C15H27N/c1-4-5-6-7-8-9-10-14(2)15-11-12-16(3)13-15/h11-14H,4-10H2,1-3H3/t14-/m1/s1. The van der Waals surface area contributed by atoms with Gasteiger partial charge in [-0.05, 0) is 24.0 Å². The van der Waals surface area contributed by atoms with Crippen molar-refractivity contribution in [3.8, 4) is 0 Å². The number of hydrogen-bond acceptors (Lipinski definition) is 0. The molecular weight excluding hydrogens is 194 g/mol. The summed E-state index contributed by atoms with van der Waals surface area (Å²) >= 11 is 0. The molecule has 0 unspecified atom stereocenters. The Morgan fingerprint density at radius 2 is 1.81 bits per heavy atom. The zero-order valence-corrected chi connectivity index (χ0v) is 11.2. The molecule has 0 saturated carbocycles. The number of rotatable bonds is 8. The number of aryl methyl sites for hydroxylation is 1. The van der Waals surface area contributed by atoms with E-state index < -0.39 is 0 Å². The van der Waals surface area contributed by atoms with Gasteiger partial charge in [0.15, 0.2) is 0 Å². The summed E-state index contributed by atoms with van der Waals surface area (Å²) in [6.07, 6.45) is 14.2. The van der Waals surface area contributed by atoms with Gasteiger partial charge in [-0.1, -0.05) is 52.4 Å². The van der Waals surface area contributed by atoms with Crippen molar-refractivity contribution in [1.82, 2.24) is 4.57 Å². The first-order valence-corrected chi connectivity index (χ1v) is 6.86. The van der Waals surface area contributed by atoms with E-state index in [1.165, 1.54) is 50.5 Å². The van der Waals surface area contributed by atoms with E-state index in [1.54, 1.807) is 0 Å². The Hall–Kier alpha value is -0.720. The second kappa shape index (κ2) is 7.54. The second-order valence-corrected chi connectivity index (χ2v) is 5.07. The zero-order valence-electron chi connectivity index (χ0n) is 11.2. The van der Waals surface area contributed by atoms with E-state index >= 15 is 0 Å². The van der Waals surface area contributed by atoms with Crippen LogP contribution in [-0.4, -0.2) is 4.57 Å². The van der Waals surface area contributed by atoms with Gasteiger partial charge in [0.2, 0.25) is 0 Å². The SMILES string of the molecule is CCCCCCCC[C@@H](C)c1ccn(C)c1. The molecule has 0 aliphatic carbocycles. The lowest BCUT2D eigenvalue weighted by atomic mass is 9.97. The highest BCUT2D eigenvalue weighted by Crippen LogP contribution is 2.22. The minimum absolute atomic E-state index is 0.729. The summed E-state index contributed by atoms with van der Waals surface area (Å²) in [6, 6.07) is 2.25. The molecule has 1 aromatic rings. The predicted molar refractivity (Wildman–Crippen MR) is 71.8 cm³/mol. The van der Waals surface area contributed by atoms with Crippen molar-refractivity contribution in [2.45, 2.75) is 64.7 Å². The molecule has 1 heterocycles. The molecule has 0 fully saturated rings. The molecule has 1 heteroatoms. The molecule has 1 aromatic heterocycles. The van der Waals surface area contributed by atoms with Crippen molar-refractivity contribution in [3.63, 3.8) is 0 Å². The summed E-state index contributed by atoms with van der Waals surface area (Å²) in [4.78, 5) is 0. The molecular formula is C15H27N. The van der Waals surface area contributed by atoms with Crippen LogP contribution in [0.1, 0.15) is 70.3 Å². The van der Waals surface area contributed by atoms with Gasteiger partial charge < -0.3 is 4.57 Å². The molecule has 16 heavy (non-hydrogen) atoms. The third kappa shape index (κ3) is 4.87. The number of aromatic nitrogens is 1. The van der Waals surface area contributed by atoms with E-state index in [0.29, 0.717) is 0 Å². The number of unbranched alkanes of at least 4 members (excludes halogenated alkanes) is 5. The van der Waals surface area contributed by atoms with Crippen LogP contribution >= 0.6 is 0 Å². The van der Waals surface area contributed by atoms with Crippen LogP contribution in [0.2, 0.25) is 0 Å². The lowest BCUT2D eigenvalue weighted by Gasteiger charge is -2.09. The van der Waals surface area contributed by atoms with Gasteiger partial charge in [0.1, 0.15) is 0 Å². The van der Waals surface area contributed by atoms with Crippen LogP contribution < -0.4 is 0 Å². The first-order valence-electron chi connectivity index (χ1n) is 6.86. The molecule has 1 rings (SSSR count). The summed E-state index contributed by atoms with van der Waals surface area (Å²) in [5.41, 5.74) is 1.50. The largest absolute Gasteiger partial charge is 0.357 e. The Bertz CT molecular complexity index is 275. The average Bonchev–Trinajstić information content (AvgIpc) is 2.70. The predicted octanol–water partition coefficient (Wildman–Crippen LogP) is 4.88. The van der Waals surface area contributed by atoms with Gasteiger partial charge >= 0.3 is 0 Å². The fourth-order valence-corrected chi connectivity index (χ4v) is 2.21. The second-order valence-electron chi connectivity index (χ2n) is 5.07. The van der Waals surface area contributed by atoms with Gasteiger partial charge in [-0.2, -0.15) is 0 Å². The summed E-state index contributed by atoms with van der Waals surface area (Å²) in [6.45, 7) is 4.62. The molecule has 0 aliphatic heterocycles. The summed E-state index contributed by atoms with van der Waals surface area (Å²) in [5, 5.41) is 0. The molecule has 0 spiro atoms. The van der Waals surface area contributed by atoms with E-state index in [9.17, 15) is 0 Å². The molecule has 1 atom stereocenters. The summed E-state index contributed by atoms with van der Waals surface area (Å²) in [5.74, 6) is 0.729. The van der Waals surface area contributed by atoms with Crippen LogP contribution in [0, 0.1) is 0 Å². The fraction of sp³-hybridized carbons (Fsp3) is 0.733. The van der Waals surface area contributed by atoms with E-state index in [2.05, 4.69) is 43.9 Å². The van der Waals surface area contributed by atoms with E-state index in [1.807, 2.05) is 0 Å². The fourth-order valence-electron chi connectivity index (χ4n) is 2.21. The van der Waals surface area contributed by atoms with E-state index in [-0.39, 0.29) is 0 Å². The highest BCUT2D eigenvalue weighted by Gasteiger charge is 2.05. The van der Waals surface area contributed by atoms with Gasteiger partial charge in [-0.15, -0.1) is 0 Å². The first kappa shape index (κ1) is 13.3. The third-order valence-corrected chi connectivity index (χ3v) is 3.41. The molecule has 0 aromatic carbocycles. The third-order valence-electron chi connectivity index (χ3n) is 3.41. The molecule has 0 amide bonds. The quantitative estimate of drug-likeness (QED) is 0.551. The molecule has 1 nitrogen and oxygen atoms in total. The van der Waals surface area contributed by atoms with Crippen LogP contribution in [0.5, 0.6) is 0 Å². The van der Waals surface area contributed by atoms with Gasteiger partial charge in [-0.25, -0.2) is 0 Å². The smallest absolute Gasteiger partial charge is 0.0106 e. The molecule has 0 bridgehead atoms. The normalized spacial score (nSPS) is 12.9. The highest BCUT2D eigenvalue weighted by atomic mass is 14.9. The van der Waals surface area contributed by atoms with Gasteiger partial charge in [-0.3, -0.25) is 0 Å². The Balaban J connectivity index is 2.09.